The second kappa shape index (κ2) is 10.5. The van der Waals surface area contributed by atoms with Gasteiger partial charge in [-0.15, -0.1) is 0 Å². The number of nitroso groups, excluding NO2 is 1. The van der Waals surface area contributed by atoms with Gasteiger partial charge in [-0.25, -0.2) is 4.79 Å². The maximum Gasteiger partial charge on any atom is 0.332 e. The van der Waals surface area contributed by atoms with E-state index >= 15 is 0 Å². The topological polar surface area (TPSA) is 145 Å². The first-order valence-electron chi connectivity index (χ1n) is 10.1. The summed E-state index contributed by atoms with van der Waals surface area (Å²) in [6, 6.07) is 17.6. The fourth-order valence-corrected chi connectivity index (χ4v) is 3.30. The number of carboxylic acid groups (broad SMARTS) is 1. The molecule has 1 heterocycles. The molecule has 1 aromatic heterocycles. The summed E-state index contributed by atoms with van der Waals surface area (Å²) in [5.74, 6) is -1.91. The molecule has 0 saturated carbocycles. The molecule has 3 unspecified atom stereocenters. The molecule has 2 aromatic carbocycles. The van der Waals surface area contributed by atoms with Gasteiger partial charge in [0, 0.05) is 12.5 Å². The summed E-state index contributed by atoms with van der Waals surface area (Å²) in [5, 5.41) is 31.0. The van der Waals surface area contributed by atoms with Crippen LogP contribution in [0.5, 0.6) is 0 Å². The molecule has 166 valence electrons. The average Bonchev–Trinajstić information content (AvgIpc) is 3.30. The van der Waals surface area contributed by atoms with Gasteiger partial charge in [0.15, 0.2) is 6.10 Å². The van der Waals surface area contributed by atoms with Crippen LogP contribution in [0.25, 0.3) is 11.1 Å². The number of carbonyl (C=O) groups is 2. The van der Waals surface area contributed by atoms with Crippen LogP contribution in [0.4, 0.5) is 0 Å². The fourth-order valence-electron chi connectivity index (χ4n) is 3.30. The third-order valence-corrected chi connectivity index (χ3v) is 5.11. The Hall–Kier alpha value is -3.85. The van der Waals surface area contributed by atoms with Crippen LogP contribution >= 0.6 is 0 Å². The molecule has 0 aliphatic heterocycles. The molecule has 0 aliphatic carbocycles. The molecule has 32 heavy (non-hydrogen) atoms. The number of carboxylic acids is 1. The molecule has 0 radical (unpaired) electrons. The summed E-state index contributed by atoms with van der Waals surface area (Å²) in [6.45, 7) is 1.56. The first-order chi connectivity index (χ1) is 15.4. The monoisotopic (exact) mass is 436 g/mol. The zero-order valence-electron chi connectivity index (χ0n) is 17.4. The lowest BCUT2D eigenvalue weighted by molar-refractivity contribution is -0.147. The fraction of sp³-hybridized carbons (Fsp3) is 0.261. The van der Waals surface area contributed by atoms with Crippen molar-refractivity contribution in [2.24, 2.45) is 5.18 Å². The quantitative estimate of drug-likeness (QED) is 0.359. The molecular formula is C23H24N4O5. The Morgan fingerprint density at radius 2 is 1.75 bits per heavy atom. The minimum atomic E-state index is -1.63. The molecule has 3 atom stereocenters. The summed E-state index contributed by atoms with van der Waals surface area (Å²) in [7, 11) is 0. The van der Waals surface area contributed by atoms with Crippen molar-refractivity contribution >= 4 is 11.9 Å². The van der Waals surface area contributed by atoms with Crippen molar-refractivity contribution in [2.75, 3.05) is 0 Å². The molecule has 0 spiro atoms. The number of hydrogen-bond acceptors (Lipinski definition) is 6. The molecule has 9 nitrogen and oxygen atoms in total. The van der Waals surface area contributed by atoms with E-state index in [2.05, 4.69) is 20.7 Å². The van der Waals surface area contributed by atoms with Gasteiger partial charge < -0.3 is 15.5 Å². The Labute approximate surface area is 184 Å². The summed E-state index contributed by atoms with van der Waals surface area (Å²) >= 11 is 0. The molecule has 0 bridgehead atoms. The lowest BCUT2D eigenvalue weighted by Crippen LogP contribution is -2.40. The maximum absolute atomic E-state index is 12.6. The van der Waals surface area contributed by atoms with Crippen molar-refractivity contribution in [1.82, 2.24) is 15.5 Å². The highest BCUT2D eigenvalue weighted by Crippen LogP contribution is 2.20. The highest BCUT2D eigenvalue weighted by atomic mass is 16.4. The average molecular weight is 436 g/mol. The van der Waals surface area contributed by atoms with E-state index in [1.807, 2.05) is 54.6 Å². The van der Waals surface area contributed by atoms with Crippen LogP contribution in [0.3, 0.4) is 0 Å². The second-order valence-corrected chi connectivity index (χ2v) is 7.52. The Kier molecular flexibility index (Phi) is 7.45. The number of aromatic nitrogens is 2. The van der Waals surface area contributed by atoms with Gasteiger partial charge in [-0.05, 0) is 36.1 Å². The number of aliphatic hydroxyl groups is 1. The first-order valence-corrected chi connectivity index (χ1v) is 10.1. The summed E-state index contributed by atoms with van der Waals surface area (Å²) < 4.78 is 0. The van der Waals surface area contributed by atoms with E-state index in [0.29, 0.717) is 12.1 Å². The van der Waals surface area contributed by atoms with E-state index in [0.717, 1.165) is 16.7 Å². The zero-order valence-corrected chi connectivity index (χ0v) is 17.4. The summed E-state index contributed by atoms with van der Waals surface area (Å²) in [5.41, 5.74) is 3.41. The maximum atomic E-state index is 12.6. The van der Waals surface area contributed by atoms with Crippen molar-refractivity contribution in [1.29, 1.82) is 0 Å². The number of nitrogens with one attached hydrogen (secondary N) is 2. The smallest absolute Gasteiger partial charge is 0.332 e. The van der Waals surface area contributed by atoms with Crippen LogP contribution < -0.4 is 5.32 Å². The minimum absolute atomic E-state index is 0.0461. The third-order valence-electron chi connectivity index (χ3n) is 5.11. The predicted octanol–water partition coefficient (Wildman–Crippen LogP) is 3.08. The lowest BCUT2D eigenvalue weighted by atomic mass is 9.97. The third kappa shape index (κ3) is 5.86. The van der Waals surface area contributed by atoms with Gasteiger partial charge in [0.25, 0.3) is 5.91 Å². The predicted molar refractivity (Wildman–Crippen MR) is 118 cm³/mol. The lowest BCUT2D eigenvalue weighted by Gasteiger charge is -2.20. The number of aliphatic hydroxyl groups excluding tert-OH is 1. The van der Waals surface area contributed by atoms with Gasteiger partial charge in [-0.3, -0.25) is 9.89 Å². The van der Waals surface area contributed by atoms with E-state index in [1.165, 1.54) is 6.07 Å². The van der Waals surface area contributed by atoms with E-state index in [9.17, 15) is 19.6 Å². The number of carbonyl (C=O) groups excluding carboxylic acids is 1. The summed E-state index contributed by atoms with van der Waals surface area (Å²) in [6.07, 6.45) is -1.49. The molecular weight excluding hydrogens is 412 g/mol. The molecule has 4 N–H and O–H groups in total. The van der Waals surface area contributed by atoms with Gasteiger partial charge >= 0.3 is 5.97 Å². The van der Waals surface area contributed by atoms with Gasteiger partial charge in [-0.2, -0.15) is 10.0 Å². The number of nitrogens with zero attached hydrogens (tertiary/aromatic N) is 2. The molecule has 1 amide bonds. The SMILES string of the molecule is CC(N=O)c1cc(C(=O)NC(Cc2ccc(-c3ccccc3)cc2)CC(O)C(=O)O)n[nH]1. The largest absolute Gasteiger partial charge is 0.479 e. The van der Waals surface area contributed by atoms with Crippen LogP contribution in [0, 0.1) is 4.91 Å². The highest BCUT2D eigenvalue weighted by Gasteiger charge is 2.24. The van der Waals surface area contributed by atoms with Gasteiger partial charge in [0.2, 0.25) is 0 Å². The van der Waals surface area contributed by atoms with Crippen LogP contribution in [0.2, 0.25) is 0 Å². The van der Waals surface area contributed by atoms with Crippen LogP contribution in [0.1, 0.15) is 41.1 Å². The number of hydrogen-bond donors (Lipinski definition) is 4. The number of benzene rings is 2. The zero-order chi connectivity index (χ0) is 23.1. The molecule has 3 aromatic rings. The van der Waals surface area contributed by atoms with E-state index in [-0.39, 0.29) is 12.1 Å². The summed E-state index contributed by atoms with van der Waals surface area (Å²) in [4.78, 5) is 34.4. The van der Waals surface area contributed by atoms with Crippen molar-refractivity contribution in [2.45, 2.75) is 38.0 Å². The number of aromatic amines is 1. The van der Waals surface area contributed by atoms with Crippen LogP contribution in [-0.2, 0) is 11.2 Å². The van der Waals surface area contributed by atoms with Crippen molar-refractivity contribution in [3.63, 3.8) is 0 Å². The van der Waals surface area contributed by atoms with Gasteiger partial charge in [0.1, 0.15) is 11.7 Å². The van der Waals surface area contributed by atoms with Gasteiger partial charge in [-0.1, -0.05) is 59.8 Å². The van der Waals surface area contributed by atoms with E-state index < -0.39 is 30.1 Å². The van der Waals surface area contributed by atoms with E-state index in [1.54, 1.807) is 6.92 Å². The van der Waals surface area contributed by atoms with Crippen molar-refractivity contribution < 1.29 is 19.8 Å². The standard InChI is InChI=1S/C23H24N4O5/c1-14(27-32)19-13-20(26-25-19)22(29)24-18(12-21(28)23(30)31)11-15-7-9-17(10-8-15)16-5-3-2-4-6-16/h2-10,13-14,18,21,28H,11-12H2,1H3,(H,24,29)(H,25,26)(H,30,31). The molecule has 0 fully saturated rings. The molecule has 9 heteroatoms. The van der Waals surface area contributed by atoms with Crippen molar-refractivity contribution in [3.8, 4) is 11.1 Å². The Morgan fingerprint density at radius 3 is 2.38 bits per heavy atom. The number of amides is 1. The van der Waals surface area contributed by atoms with Gasteiger partial charge in [0.05, 0.1) is 5.69 Å². The van der Waals surface area contributed by atoms with Crippen LogP contribution in [0.15, 0.2) is 65.8 Å². The Morgan fingerprint density at radius 1 is 1.09 bits per heavy atom. The normalized spacial score (nSPS) is 13.7. The van der Waals surface area contributed by atoms with Crippen LogP contribution in [-0.4, -0.2) is 44.4 Å². The van der Waals surface area contributed by atoms with E-state index in [4.69, 9.17) is 5.11 Å². The minimum Gasteiger partial charge on any atom is -0.479 e. The second-order valence-electron chi connectivity index (χ2n) is 7.52. The highest BCUT2D eigenvalue weighted by molar-refractivity contribution is 5.92. The Bertz CT molecular complexity index is 1070. The Balaban J connectivity index is 1.73. The number of H-pyrrole nitrogens is 1. The molecule has 0 aliphatic rings. The number of aliphatic carboxylic acids is 1. The molecule has 0 saturated heterocycles. The first kappa shape index (κ1) is 22.8. The van der Waals surface area contributed by atoms with Crippen molar-refractivity contribution in [3.05, 3.63) is 82.5 Å². The number of rotatable bonds is 10. The molecule has 3 rings (SSSR count).